The van der Waals surface area contributed by atoms with Gasteiger partial charge >= 0.3 is 0 Å². The maximum absolute atomic E-state index is 10.7. The van der Waals surface area contributed by atoms with Gasteiger partial charge in [-0.3, -0.25) is 4.79 Å². The van der Waals surface area contributed by atoms with E-state index in [4.69, 9.17) is 9.47 Å². The molecule has 0 saturated heterocycles. The molecule has 1 rings (SSSR count). The molecule has 0 bridgehead atoms. The summed E-state index contributed by atoms with van der Waals surface area (Å²) in [6.07, 6.45) is 0.476. The second kappa shape index (κ2) is 6.19. The van der Waals surface area contributed by atoms with Crippen LogP contribution in [0.1, 0.15) is 18.9 Å². The van der Waals surface area contributed by atoms with Gasteiger partial charge in [-0.05, 0) is 24.6 Å². The van der Waals surface area contributed by atoms with Crippen LogP contribution in [0.2, 0.25) is 0 Å². The molecule has 0 spiro atoms. The molecule has 0 N–H and O–H groups in total. The molecule has 82 valence electrons. The van der Waals surface area contributed by atoms with Gasteiger partial charge in [0, 0.05) is 6.42 Å². The highest BCUT2D eigenvalue weighted by Crippen LogP contribution is 2.13. The first-order valence-electron chi connectivity index (χ1n) is 4.92. The molecule has 0 aliphatic carbocycles. The first kappa shape index (κ1) is 11.7. The number of methoxy groups -OCH3 is 1. The lowest BCUT2D eigenvalue weighted by Gasteiger charge is -2.05. The molecule has 1 aromatic carbocycles. The van der Waals surface area contributed by atoms with Gasteiger partial charge in [-0.15, -0.1) is 0 Å². The molecular formula is C12H16O3. The van der Waals surface area contributed by atoms with Crippen LogP contribution in [0.25, 0.3) is 0 Å². The Balaban J connectivity index is 2.33. The fraction of sp³-hybridized carbons (Fsp3) is 0.417. The van der Waals surface area contributed by atoms with Gasteiger partial charge in [-0.25, -0.2) is 0 Å². The second-order valence-corrected chi connectivity index (χ2v) is 3.36. The number of Topliss-reactive ketones (excluding diaryl/α,β-unsaturated/α-hetero) is 1. The molecule has 0 heterocycles. The maximum atomic E-state index is 10.7. The van der Waals surface area contributed by atoms with Crippen LogP contribution >= 0.6 is 0 Å². The van der Waals surface area contributed by atoms with Crippen LogP contribution in [0.4, 0.5) is 0 Å². The van der Waals surface area contributed by atoms with Crippen LogP contribution in [0, 0.1) is 0 Å². The van der Waals surface area contributed by atoms with Gasteiger partial charge in [-0.1, -0.05) is 12.1 Å². The lowest BCUT2D eigenvalue weighted by molar-refractivity contribution is -0.118. The molecule has 1 aromatic rings. The highest BCUT2D eigenvalue weighted by molar-refractivity contribution is 5.75. The lowest BCUT2D eigenvalue weighted by atomic mass is 10.2. The minimum Gasteiger partial charge on any atom is -0.497 e. The van der Waals surface area contributed by atoms with E-state index in [1.165, 1.54) is 0 Å². The quantitative estimate of drug-likeness (QED) is 0.672. The molecule has 0 atom stereocenters. The highest BCUT2D eigenvalue weighted by atomic mass is 16.5. The molecule has 0 saturated carbocycles. The van der Waals surface area contributed by atoms with Crippen molar-refractivity contribution in [1.82, 2.24) is 0 Å². The third-order valence-electron chi connectivity index (χ3n) is 2.00. The largest absolute Gasteiger partial charge is 0.497 e. The molecule has 0 unspecified atom stereocenters. The van der Waals surface area contributed by atoms with Gasteiger partial charge in [0.05, 0.1) is 20.3 Å². The maximum Gasteiger partial charge on any atom is 0.132 e. The summed E-state index contributed by atoms with van der Waals surface area (Å²) in [5.41, 5.74) is 1.05. The van der Waals surface area contributed by atoms with E-state index in [0.29, 0.717) is 19.6 Å². The van der Waals surface area contributed by atoms with Crippen molar-refractivity contribution in [2.24, 2.45) is 0 Å². The van der Waals surface area contributed by atoms with E-state index in [0.717, 1.165) is 11.3 Å². The summed E-state index contributed by atoms with van der Waals surface area (Å²) < 4.78 is 10.4. The van der Waals surface area contributed by atoms with Crippen molar-refractivity contribution in [3.63, 3.8) is 0 Å². The smallest absolute Gasteiger partial charge is 0.132 e. The second-order valence-electron chi connectivity index (χ2n) is 3.36. The zero-order valence-corrected chi connectivity index (χ0v) is 9.16. The van der Waals surface area contributed by atoms with E-state index in [2.05, 4.69) is 0 Å². The standard InChI is InChI=1S/C12H16O3/c1-10(13)6-7-15-9-11-4-3-5-12(8-11)14-2/h3-5,8H,6-7,9H2,1-2H3. The molecule has 0 radical (unpaired) electrons. The Morgan fingerprint density at radius 3 is 2.87 bits per heavy atom. The lowest BCUT2D eigenvalue weighted by Crippen LogP contribution is -2.00. The number of benzene rings is 1. The number of carbonyl (C=O) groups excluding carboxylic acids is 1. The molecule has 0 aromatic heterocycles. The molecule has 0 aliphatic heterocycles. The van der Waals surface area contributed by atoms with Crippen LogP contribution in [0.5, 0.6) is 5.75 Å². The molecule has 3 heteroatoms. The predicted octanol–water partition coefficient (Wildman–Crippen LogP) is 2.19. The van der Waals surface area contributed by atoms with Crippen molar-refractivity contribution in [3.05, 3.63) is 29.8 Å². The van der Waals surface area contributed by atoms with Crippen LogP contribution in [0.15, 0.2) is 24.3 Å². The van der Waals surface area contributed by atoms with E-state index in [1.54, 1.807) is 14.0 Å². The van der Waals surface area contributed by atoms with Gasteiger partial charge in [0.15, 0.2) is 0 Å². The van der Waals surface area contributed by atoms with Crippen molar-refractivity contribution in [2.75, 3.05) is 13.7 Å². The molecule has 0 amide bonds. The Morgan fingerprint density at radius 1 is 1.40 bits per heavy atom. The van der Waals surface area contributed by atoms with Crippen molar-refractivity contribution >= 4 is 5.78 Å². The molecular weight excluding hydrogens is 192 g/mol. The molecule has 0 fully saturated rings. The topological polar surface area (TPSA) is 35.5 Å². The number of ketones is 1. The third kappa shape index (κ3) is 4.61. The Hall–Kier alpha value is -1.35. The fourth-order valence-electron chi connectivity index (χ4n) is 1.17. The number of carbonyl (C=O) groups is 1. The molecule has 3 nitrogen and oxygen atoms in total. The van der Waals surface area contributed by atoms with E-state index < -0.39 is 0 Å². The summed E-state index contributed by atoms with van der Waals surface area (Å²) in [6, 6.07) is 7.70. The van der Waals surface area contributed by atoms with Crippen molar-refractivity contribution in [1.29, 1.82) is 0 Å². The summed E-state index contributed by atoms with van der Waals surface area (Å²) in [5.74, 6) is 0.975. The first-order chi connectivity index (χ1) is 7.22. The fourth-order valence-corrected chi connectivity index (χ4v) is 1.17. The van der Waals surface area contributed by atoms with Crippen LogP contribution in [-0.2, 0) is 16.1 Å². The number of rotatable bonds is 6. The SMILES string of the molecule is COc1cccc(COCCC(C)=O)c1. The summed E-state index contributed by atoms with van der Waals surface area (Å²) in [7, 11) is 1.63. The number of ether oxygens (including phenoxy) is 2. The predicted molar refractivity (Wildman–Crippen MR) is 57.9 cm³/mol. The highest BCUT2D eigenvalue weighted by Gasteiger charge is 1.97. The zero-order valence-electron chi connectivity index (χ0n) is 9.16. The minimum absolute atomic E-state index is 0.153. The summed E-state index contributed by atoms with van der Waals surface area (Å²) >= 11 is 0. The van der Waals surface area contributed by atoms with Crippen LogP contribution < -0.4 is 4.74 Å². The number of hydrogen-bond acceptors (Lipinski definition) is 3. The van der Waals surface area contributed by atoms with Gasteiger partial charge in [0.1, 0.15) is 11.5 Å². The van der Waals surface area contributed by atoms with Crippen LogP contribution in [0.3, 0.4) is 0 Å². The Kier molecular flexibility index (Phi) is 4.84. The number of hydrogen-bond donors (Lipinski definition) is 0. The molecule has 15 heavy (non-hydrogen) atoms. The van der Waals surface area contributed by atoms with E-state index >= 15 is 0 Å². The monoisotopic (exact) mass is 208 g/mol. The Morgan fingerprint density at radius 2 is 2.20 bits per heavy atom. The van der Waals surface area contributed by atoms with Gasteiger partial charge in [0.2, 0.25) is 0 Å². The van der Waals surface area contributed by atoms with Gasteiger partial charge < -0.3 is 9.47 Å². The Labute approximate surface area is 90.0 Å². The summed E-state index contributed by atoms with van der Waals surface area (Å²) in [5, 5.41) is 0. The minimum atomic E-state index is 0.153. The normalized spacial score (nSPS) is 10.0. The summed E-state index contributed by atoms with van der Waals surface area (Å²) in [4.78, 5) is 10.7. The van der Waals surface area contributed by atoms with Crippen LogP contribution in [-0.4, -0.2) is 19.5 Å². The van der Waals surface area contributed by atoms with E-state index in [9.17, 15) is 4.79 Å². The van der Waals surface area contributed by atoms with E-state index in [-0.39, 0.29) is 5.78 Å². The first-order valence-corrected chi connectivity index (χ1v) is 4.92. The average Bonchev–Trinajstić information content (AvgIpc) is 2.24. The zero-order chi connectivity index (χ0) is 11.1. The van der Waals surface area contributed by atoms with Gasteiger partial charge in [-0.2, -0.15) is 0 Å². The Bertz CT molecular complexity index is 320. The molecule has 0 aliphatic rings. The van der Waals surface area contributed by atoms with Crippen molar-refractivity contribution in [2.45, 2.75) is 20.0 Å². The van der Waals surface area contributed by atoms with Crippen molar-refractivity contribution in [3.8, 4) is 5.75 Å². The van der Waals surface area contributed by atoms with E-state index in [1.807, 2.05) is 24.3 Å². The van der Waals surface area contributed by atoms with Crippen molar-refractivity contribution < 1.29 is 14.3 Å². The van der Waals surface area contributed by atoms with Gasteiger partial charge in [0.25, 0.3) is 0 Å². The average molecular weight is 208 g/mol. The third-order valence-corrected chi connectivity index (χ3v) is 2.00. The summed E-state index contributed by atoms with van der Waals surface area (Å²) in [6.45, 7) is 2.56.